The average Bonchev–Trinajstić information content (AvgIpc) is 2.62. The van der Waals surface area contributed by atoms with E-state index >= 15 is 0 Å². The molecule has 4 nitrogen and oxygen atoms in total. The topological polar surface area (TPSA) is 39.1 Å². The molecule has 0 aliphatic heterocycles. The molecule has 0 saturated heterocycles. The van der Waals surface area contributed by atoms with Crippen LogP contribution in [0.15, 0.2) is 12.4 Å². The highest BCUT2D eigenvalue weighted by Gasteiger charge is 2.05. The molecule has 0 spiro atoms. The van der Waals surface area contributed by atoms with Crippen molar-refractivity contribution in [1.29, 1.82) is 0 Å². The van der Waals surface area contributed by atoms with Gasteiger partial charge in [0.1, 0.15) is 0 Å². The maximum Gasteiger partial charge on any atom is 0.202 e. The van der Waals surface area contributed by atoms with Crippen molar-refractivity contribution in [3.05, 3.63) is 12.4 Å². The van der Waals surface area contributed by atoms with Crippen LogP contribution in [0.2, 0.25) is 0 Å². The second-order valence-electron chi connectivity index (χ2n) is 3.38. The molecule has 0 bridgehead atoms. The second kappa shape index (κ2) is 5.65. The number of ether oxygens (including phenoxy) is 1. The van der Waals surface area contributed by atoms with E-state index in [0.717, 1.165) is 25.5 Å². The summed E-state index contributed by atoms with van der Waals surface area (Å²) in [6.45, 7) is 5.97. The Balaban J connectivity index is 2.53. The summed E-state index contributed by atoms with van der Waals surface area (Å²) in [5.74, 6) is 0.927. The number of anilines is 1. The molecule has 1 aromatic rings. The van der Waals surface area contributed by atoms with Gasteiger partial charge < -0.3 is 14.6 Å². The van der Waals surface area contributed by atoms with Crippen molar-refractivity contribution >= 4 is 5.95 Å². The number of methoxy groups -OCH3 is 1. The van der Waals surface area contributed by atoms with Crippen molar-refractivity contribution in [1.82, 2.24) is 9.55 Å². The minimum atomic E-state index is 0.214. The number of nitrogens with zero attached hydrogens (tertiary/aromatic N) is 2. The van der Waals surface area contributed by atoms with Gasteiger partial charge in [-0.3, -0.25) is 0 Å². The van der Waals surface area contributed by atoms with Crippen molar-refractivity contribution < 1.29 is 4.74 Å². The average molecular weight is 197 g/mol. The predicted molar refractivity (Wildman–Crippen MR) is 57.5 cm³/mol. The van der Waals surface area contributed by atoms with E-state index in [4.69, 9.17) is 4.74 Å². The molecule has 1 unspecified atom stereocenters. The number of imidazole rings is 1. The Hall–Kier alpha value is -1.03. The molecule has 0 radical (unpaired) electrons. The number of hydrogen-bond donors (Lipinski definition) is 1. The Morgan fingerprint density at radius 1 is 1.64 bits per heavy atom. The Bertz CT molecular complexity index is 260. The van der Waals surface area contributed by atoms with Gasteiger partial charge in [-0.25, -0.2) is 4.98 Å². The zero-order valence-electron chi connectivity index (χ0n) is 9.16. The van der Waals surface area contributed by atoms with Gasteiger partial charge in [-0.1, -0.05) is 6.92 Å². The lowest BCUT2D eigenvalue weighted by Crippen LogP contribution is -2.16. The number of rotatable bonds is 6. The second-order valence-corrected chi connectivity index (χ2v) is 3.38. The maximum atomic E-state index is 5.21. The molecular formula is C10H19N3O. The Morgan fingerprint density at radius 3 is 3.07 bits per heavy atom. The molecule has 14 heavy (non-hydrogen) atoms. The van der Waals surface area contributed by atoms with Crippen LogP contribution in [0, 0.1) is 0 Å². The summed E-state index contributed by atoms with van der Waals surface area (Å²) in [6, 6.07) is 0. The summed E-state index contributed by atoms with van der Waals surface area (Å²) in [5, 5.41) is 3.27. The summed E-state index contributed by atoms with van der Waals surface area (Å²) < 4.78 is 7.28. The van der Waals surface area contributed by atoms with Crippen molar-refractivity contribution in [3.63, 3.8) is 0 Å². The van der Waals surface area contributed by atoms with Gasteiger partial charge in [-0.15, -0.1) is 0 Å². The van der Waals surface area contributed by atoms with E-state index in [2.05, 4.69) is 21.8 Å². The molecule has 0 aliphatic rings. The van der Waals surface area contributed by atoms with Crippen molar-refractivity contribution in [2.45, 2.75) is 32.9 Å². The molecule has 0 saturated carbocycles. The van der Waals surface area contributed by atoms with E-state index in [1.165, 1.54) is 0 Å². The van der Waals surface area contributed by atoms with Crippen LogP contribution in [0.25, 0.3) is 0 Å². The standard InChI is InChI=1S/C10H19N3O/c1-4-5-11-10-12-6-7-13(10)8-9(2)14-3/h6-7,9H,4-5,8H2,1-3H3,(H,11,12). The molecule has 1 N–H and O–H groups in total. The minimum absolute atomic E-state index is 0.214. The van der Waals surface area contributed by atoms with E-state index in [-0.39, 0.29) is 6.10 Å². The number of hydrogen-bond acceptors (Lipinski definition) is 3. The van der Waals surface area contributed by atoms with Crippen molar-refractivity contribution in [2.75, 3.05) is 19.0 Å². The third-order valence-corrected chi connectivity index (χ3v) is 2.10. The Labute approximate surface area is 85.3 Å². The molecule has 1 aromatic heterocycles. The third-order valence-electron chi connectivity index (χ3n) is 2.10. The lowest BCUT2D eigenvalue weighted by molar-refractivity contribution is 0.104. The summed E-state index contributed by atoms with van der Waals surface area (Å²) in [6.07, 6.45) is 5.09. The fraction of sp³-hybridized carbons (Fsp3) is 0.700. The molecule has 0 aliphatic carbocycles. The van der Waals surface area contributed by atoms with Gasteiger partial charge in [0.15, 0.2) is 0 Å². The highest BCUT2D eigenvalue weighted by Crippen LogP contribution is 2.06. The summed E-state index contributed by atoms with van der Waals surface area (Å²) in [4.78, 5) is 4.24. The van der Waals surface area contributed by atoms with E-state index < -0.39 is 0 Å². The van der Waals surface area contributed by atoms with Crippen LogP contribution >= 0.6 is 0 Å². The molecule has 80 valence electrons. The lowest BCUT2D eigenvalue weighted by Gasteiger charge is -2.13. The zero-order valence-corrected chi connectivity index (χ0v) is 9.16. The first-order valence-corrected chi connectivity index (χ1v) is 5.05. The molecule has 4 heteroatoms. The largest absolute Gasteiger partial charge is 0.380 e. The van der Waals surface area contributed by atoms with Crippen molar-refractivity contribution in [3.8, 4) is 0 Å². The highest BCUT2D eigenvalue weighted by atomic mass is 16.5. The summed E-state index contributed by atoms with van der Waals surface area (Å²) >= 11 is 0. The molecule has 1 rings (SSSR count). The zero-order chi connectivity index (χ0) is 10.4. The van der Waals surface area contributed by atoms with Crippen LogP contribution in [0.1, 0.15) is 20.3 Å². The van der Waals surface area contributed by atoms with E-state index in [0.29, 0.717) is 0 Å². The molecule has 0 aromatic carbocycles. The third kappa shape index (κ3) is 3.03. The summed E-state index contributed by atoms with van der Waals surface area (Å²) in [7, 11) is 1.72. The molecule has 0 fully saturated rings. The van der Waals surface area contributed by atoms with Crippen LogP contribution in [-0.2, 0) is 11.3 Å². The highest BCUT2D eigenvalue weighted by molar-refractivity contribution is 5.25. The Kier molecular flexibility index (Phi) is 4.46. The van der Waals surface area contributed by atoms with E-state index in [1.54, 1.807) is 13.3 Å². The fourth-order valence-electron chi connectivity index (χ4n) is 1.21. The quantitative estimate of drug-likeness (QED) is 0.755. The van der Waals surface area contributed by atoms with Crippen LogP contribution in [0.3, 0.4) is 0 Å². The number of nitrogens with one attached hydrogen (secondary N) is 1. The van der Waals surface area contributed by atoms with E-state index in [1.807, 2.05) is 13.1 Å². The van der Waals surface area contributed by atoms with Gasteiger partial charge in [0.25, 0.3) is 0 Å². The first kappa shape index (κ1) is 11.0. The molecule has 1 atom stereocenters. The van der Waals surface area contributed by atoms with Gasteiger partial charge in [-0.05, 0) is 13.3 Å². The maximum absolute atomic E-state index is 5.21. The number of aromatic nitrogens is 2. The lowest BCUT2D eigenvalue weighted by atomic mass is 10.4. The molecular weight excluding hydrogens is 178 g/mol. The normalized spacial score (nSPS) is 12.8. The van der Waals surface area contributed by atoms with Crippen LogP contribution in [-0.4, -0.2) is 29.3 Å². The summed E-state index contributed by atoms with van der Waals surface area (Å²) in [5.41, 5.74) is 0. The predicted octanol–water partition coefficient (Wildman–Crippen LogP) is 1.74. The van der Waals surface area contributed by atoms with Gasteiger partial charge in [0, 0.05) is 26.0 Å². The van der Waals surface area contributed by atoms with Gasteiger partial charge in [0.05, 0.1) is 12.6 Å². The molecule has 1 heterocycles. The van der Waals surface area contributed by atoms with Crippen LogP contribution in [0.5, 0.6) is 0 Å². The van der Waals surface area contributed by atoms with Crippen LogP contribution < -0.4 is 5.32 Å². The first-order chi connectivity index (χ1) is 6.77. The van der Waals surface area contributed by atoms with E-state index in [9.17, 15) is 0 Å². The first-order valence-electron chi connectivity index (χ1n) is 5.05. The SMILES string of the molecule is CCCNc1nccn1CC(C)OC. The van der Waals surface area contributed by atoms with Crippen LogP contribution in [0.4, 0.5) is 5.95 Å². The van der Waals surface area contributed by atoms with Gasteiger partial charge in [0.2, 0.25) is 5.95 Å². The Morgan fingerprint density at radius 2 is 2.43 bits per heavy atom. The molecule has 0 amide bonds. The van der Waals surface area contributed by atoms with Gasteiger partial charge >= 0.3 is 0 Å². The fourth-order valence-corrected chi connectivity index (χ4v) is 1.21. The van der Waals surface area contributed by atoms with Gasteiger partial charge in [-0.2, -0.15) is 0 Å². The monoisotopic (exact) mass is 197 g/mol. The van der Waals surface area contributed by atoms with Crippen molar-refractivity contribution in [2.24, 2.45) is 0 Å². The smallest absolute Gasteiger partial charge is 0.202 e. The minimum Gasteiger partial charge on any atom is -0.380 e.